The van der Waals surface area contributed by atoms with Crippen LogP contribution in [-0.2, 0) is 13.5 Å². The molecule has 0 radical (unpaired) electrons. The van der Waals surface area contributed by atoms with E-state index < -0.39 is 5.97 Å². The molecule has 2 heterocycles. The van der Waals surface area contributed by atoms with E-state index in [1.54, 1.807) is 10.9 Å². The molecule has 0 spiro atoms. The topological polar surface area (TPSA) is 106 Å². The van der Waals surface area contributed by atoms with Crippen molar-refractivity contribution in [1.29, 1.82) is 0 Å². The van der Waals surface area contributed by atoms with Gasteiger partial charge in [0.2, 0.25) is 0 Å². The summed E-state index contributed by atoms with van der Waals surface area (Å²) in [6, 6.07) is 0.185. The molecule has 0 saturated heterocycles. The Bertz CT molecular complexity index is 518. The molecule has 2 aromatic rings. The van der Waals surface area contributed by atoms with Gasteiger partial charge in [-0.1, -0.05) is 0 Å². The van der Waals surface area contributed by atoms with Gasteiger partial charge in [0.1, 0.15) is 18.4 Å². The van der Waals surface area contributed by atoms with Gasteiger partial charge in [0.15, 0.2) is 5.69 Å². The quantitative estimate of drug-likeness (QED) is 0.762. The molecule has 2 aromatic heterocycles. The van der Waals surface area contributed by atoms with Crippen molar-refractivity contribution in [3.05, 3.63) is 24.1 Å². The van der Waals surface area contributed by atoms with Gasteiger partial charge < -0.3 is 19.4 Å². The smallest absolute Gasteiger partial charge is 0.357 e. The van der Waals surface area contributed by atoms with E-state index in [4.69, 9.17) is 9.52 Å². The molecule has 0 aliphatic heterocycles. The van der Waals surface area contributed by atoms with E-state index in [0.717, 1.165) is 12.1 Å². The van der Waals surface area contributed by atoms with E-state index in [9.17, 15) is 4.79 Å². The van der Waals surface area contributed by atoms with Crippen LogP contribution in [-0.4, -0.2) is 37.4 Å². The molecule has 0 aliphatic rings. The lowest BCUT2D eigenvalue weighted by molar-refractivity contribution is 0.0690. The van der Waals surface area contributed by atoms with Gasteiger partial charge >= 0.3 is 5.97 Å². The van der Waals surface area contributed by atoms with Crippen molar-refractivity contribution in [2.45, 2.75) is 6.42 Å². The van der Waals surface area contributed by atoms with Crippen LogP contribution in [0.15, 0.2) is 17.0 Å². The maximum absolute atomic E-state index is 10.5. The number of anilines is 1. The van der Waals surface area contributed by atoms with Gasteiger partial charge in [0.05, 0.1) is 0 Å². The Hall–Kier alpha value is -2.38. The fourth-order valence-electron chi connectivity index (χ4n) is 1.27. The molecule has 8 heteroatoms. The number of hydrogen-bond donors (Lipinski definition) is 2. The maximum Gasteiger partial charge on any atom is 0.357 e. The first-order chi connectivity index (χ1) is 8.16. The molecule has 2 rings (SSSR count). The van der Waals surface area contributed by atoms with Crippen molar-refractivity contribution >= 4 is 12.0 Å². The zero-order valence-electron chi connectivity index (χ0n) is 9.12. The Morgan fingerprint density at radius 3 is 3.06 bits per heavy atom. The van der Waals surface area contributed by atoms with E-state index >= 15 is 0 Å². The molecule has 90 valence electrons. The SMILES string of the molecule is Cn1cnnc1CCNc1nc(C(=O)O)co1. The summed E-state index contributed by atoms with van der Waals surface area (Å²) in [6.45, 7) is 0.534. The number of nitrogens with zero attached hydrogens (tertiary/aromatic N) is 4. The molecule has 0 amide bonds. The van der Waals surface area contributed by atoms with Crippen LogP contribution in [0, 0.1) is 0 Å². The summed E-state index contributed by atoms with van der Waals surface area (Å²) in [4.78, 5) is 14.3. The lowest BCUT2D eigenvalue weighted by atomic mass is 10.4. The minimum atomic E-state index is -1.12. The third kappa shape index (κ3) is 2.60. The van der Waals surface area contributed by atoms with Crippen LogP contribution in [0.1, 0.15) is 16.3 Å². The van der Waals surface area contributed by atoms with Gasteiger partial charge in [0, 0.05) is 20.0 Å². The number of hydrogen-bond acceptors (Lipinski definition) is 6. The van der Waals surface area contributed by atoms with Gasteiger partial charge in [-0.25, -0.2) is 4.79 Å². The second-order valence-electron chi connectivity index (χ2n) is 3.38. The Balaban J connectivity index is 1.86. The third-order valence-electron chi connectivity index (χ3n) is 2.15. The van der Waals surface area contributed by atoms with E-state index in [1.165, 1.54) is 0 Å². The van der Waals surface area contributed by atoms with Crippen LogP contribution in [0.25, 0.3) is 0 Å². The highest BCUT2D eigenvalue weighted by Crippen LogP contribution is 2.07. The van der Waals surface area contributed by atoms with E-state index in [2.05, 4.69) is 20.5 Å². The number of rotatable bonds is 5. The van der Waals surface area contributed by atoms with Gasteiger partial charge in [-0.2, -0.15) is 4.98 Å². The van der Waals surface area contributed by atoms with Gasteiger partial charge in [0.25, 0.3) is 6.01 Å². The summed E-state index contributed by atoms with van der Waals surface area (Å²) in [5.41, 5.74) is -0.119. The van der Waals surface area contributed by atoms with Crippen molar-refractivity contribution in [1.82, 2.24) is 19.7 Å². The van der Waals surface area contributed by atoms with E-state index in [-0.39, 0.29) is 11.7 Å². The van der Waals surface area contributed by atoms with E-state index in [0.29, 0.717) is 13.0 Å². The average Bonchev–Trinajstić information content (AvgIpc) is 2.89. The van der Waals surface area contributed by atoms with Crippen LogP contribution < -0.4 is 5.32 Å². The zero-order valence-corrected chi connectivity index (χ0v) is 9.12. The van der Waals surface area contributed by atoms with Crippen molar-refractivity contribution in [2.24, 2.45) is 7.05 Å². The van der Waals surface area contributed by atoms with Crippen molar-refractivity contribution in [3.63, 3.8) is 0 Å². The number of aromatic carboxylic acids is 1. The summed E-state index contributed by atoms with van der Waals surface area (Å²) >= 11 is 0. The van der Waals surface area contributed by atoms with E-state index in [1.807, 2.05) is 7.05 Å². The first-order valence-electron chi connectivity index (χ1n) is 4.92. The van der Waals surface area contributed by atoms with Gasteiger partial charge in [-0.3, -0.25) is 0 Å². The monoisotopic (exact) mass is 237 g/mol. The molecule has 17 heavy (non-hydrogen) atoms. The van der Waals surface area contributed by atoms with Gasteiger partial charge in [-0.15, -0.1) is 10.2 Å². The molecule has 2 N–H and O–H groups in total. The molecule has 0 aromatic carbocycles. The average molecular weight is 237 g/mol. The minimum absolute atomic E-state index is 0.119. The molecule has 8 nitrogen and oxygen atoms in total. The largest absolute Gasteiger partial charge is 0.476 e. The highest BCUT2D eigenvalue weighted by Gasteiger charge is 2.09. The highest BCUT2D eigenvalue weighted by atomic mass is 16.4. The maximum atomic E-state index is 10.5. The standard InChI is InChI=1S/C9H11N5O3/c1-14-5-11-13-7(14)2-3-10-9-12-6(4-17-9)8(15)16/h4-5H,2-3H2,1H3,(H,10,12)(H,15,16). The Labute approximate surface area is 96.3 Å². The van der Waals surface area contributed by atoms with Crippen molar-refractivity contribution in [3.8, 4) is 0 Å². The fraction of sp³-hybridized carbons (Fsp3) is 0.333. The number of aryl methyl sites for hydroxylation is 1. The Morgan fingerprint density at radius 2 is 2.47 bits per heavy atom. The second kappa shape index (κ2) is 4.64. The summed E-state index contributed by atoms with van der Waals surface area (Å²) in [5, 5.41) is 19.2. The zero-order chi connectivity index (χ0) is 12.3. The molecule has 0 unspecified atom stereocenters. The molecule has 0 atom stereocenters. The molecular weight excluding hydrogens is 226 g/mol. The number of carboxylic acid groups (broad SMARTS) is 1. The highest BCUT2D eigenvalue weighted by molar-refractivity contribution is 5.85. The van der Waals surface area contributed by atoms with Crippen LogP contribution in [0.3, 0.4) is 0 Å². The predicted molar refractivity (Wildman–Crippen MR) is 56.7 cm³/mol. The number of aromatic nitrogens is 4. The lowest BCUT2D eigenvalue weighted by Gasteiger charge is -2.00. The number of carboxylic acids is 1. The molecule has 0 aliphatic carbocycles. The molecule has 0 bridgehead atoms. The van der Waals surface area contributed by atoms with Crippen LogP contribution in [0.2, 0.25) is 0 Å². The predicted octanol–water partition coefficient (Wildman–Crippen LogP) is 0.156. The number of oxazole rings is 1. The molecule has 0 fully saturated rings. The Kier molecular flexibility index (Phi) is 3.03. The summed E-state index contributed by atoms with van der Waals surface area (Å²) in [6.07, 6.45) is 3.34. The fourth-order valence-corrected chi connectivity index (χ4v) is 1.27. The second-order valence-corrected chi connectivity index (χ2v) is 3.38. The van der Waals surface area contributed by atoms with Crippen molar-refractivity contribution in [2.75, 3.05) is 11.9 Å². The van der Waals surface area contributed by atoms with Gasteiger partial charge in [-0.05, 0) is 0 Å². The van der Waals surface area contributed by atoms with Crippen LogP contribution in [0.4, 0.5) is 6.01 Å². The lowest BCUT2D eigenvalue weighted by Crippen LogP contribution is -2.09. The van der Waals surface area contributed by atoms with Crippen molar-refractivity contribution < 1.29 is 14.3 Å². The normalized spacial score (nSPS) is 10.4. The first-order valence-corrected chi connectivity index (χ1v) is 4.92. The number of nitrogens with one attached hydrogen (secondary N) is 1. The summed E-state index contributed by atoms with van der Waals surface area (Å²) in [7, 11) is 1.85. The molecular formula is C9H11N5O3. The number of carbonyl (C=O) groups is 1. The van der Waals surface area contributed by atoms with Crippen LogP contribution >= 0.6 is 0 Å². The van der Waals surface area contributed by atoms with Crippen LogP contribution in [0.5, 0.6) is 0 Å². The Morgan fingerprint density at radius 1 is 1.65 bits per heavy atom. The summed E-state index contributed by atoms with van der Waals surface area (Å²) < 4.78 is 6.74. The molecule has 0 saturated carbocycles. The summed E-state index contributed by atoms with van der Waals surface area (Å²) in [5.74, 6) is -0.294. The third-order valence-corrected chi connectivity index (χ3v) is 2.15. The first kappa shape index (κ1) is 11.1. The minimum Gasteiger partial charge on any atom is -0.476 e.